The lowest BCUT2D eigenvalue weighted by Gasteiger charge is -2.56. The molecule has 2 bridgehead atoms. The smallest absolute Gasteiger partial charge is 0.429 e. The molecule has 41 heavy (non-hydrogen) atoms. The van der Waals surface area contributed by atoms with E-state index in [1.54, 1.807) is 0 Å². The van der Waals surface area contributed by atoms with Crippen molar-refractivity contribution in [2.45, 2.75) is 102 Å². The van der Waals surface area contributed by atoms with E-state index in [1.807, 2.05) is 0 Å². The van der Waals surface area contributed by atoms with E-state index in [9.17, 15) is 22.0 Å². The van der Waals surface area contributed by atoms with Gasteiger partial charge in [0.1, 0.15) is 22.9 Å². The summed E-state index contributed by atoms with van der Waals surface area (Å²) in [4.78, 5) is 0. The van der Waals surface area contributed by atoms with Crippen molar-refractivity contribution in [3.8, 4) is 5.75 Å². The minimum absolute atomic E-state index is 0.202. The van der Waals surface area contributed by atoms with E-state index in [2.05, 4.69) is 11.7 Å². The fourth-order valence-electron chi connectivity index (χ4n) is 9.18. The van der Waals surface area contributed by atoms with Gasteiger partial charge in [0.05, 0.1) is 0 Å². The number of hydrogen-bond acceptors (Lipinski definition) is 1. The second-order valence-corrected chi connectivity index (χ2v) is 13.4. The van der Waals surface area contributed by atoms with Crippen molar-refractivity contribution >= 4 is 0 Å². The molecular weight excluding hydrogens is 545 g/mol. The fourth-order valence-corrected chi connectivity index (χ4v) is 9.18. The average Bonchev–Trinajstić information content (AvgIpc) is 3.50. The Morgan fingerprint density at radius 3 is 1.80 bits per heavy atom. The molecule has 0 spiro atoms. The van der Waals surface area contributed by atoms with Crippen molar-refractivity contribution < 1.29 is 35.5 Å². The Kier molecular flexibility index (Phi) is 7.37. The van der Waals surface area contributed by atoms with Crippen LogP contribution >= 0.6 is 0 Å². The van der Waals surface area contributed by atoms with Crippen molar-refractivity contribution in [2.24, 2.45) is 29.1 Å². The number of ether oxygens (including phenoxy) is 1. The van der Waals surface area contributed by atoms with E-state index >= 15 is 8.78 Å². The Hall–Kier alpha value is -2.25. The zero-order chi connectivity index (χ0) is 29.2. The molecule has 2 unspecified atom stereocenters. The van der Waals surface area contributed by atoms with E-state index < -0.39 is 51.9 Å². The standard InChI is InChI=1S/C33H37F7O/c1-2-3-4-19-11-20-13-22(14-21(20)12-19)31-5-8-32(9-6-31,10-7-31)23-15-25(34)29(26(35)16-23)33(39,40)41-24-17-27(36)30(38)28(37)18-24/h15-22H,2-14H2,1H3. The van der Waals surface area contributed by atoms with Crippen LogP contribution in [0.25, 0.3) is 0 Å². The highest BCUT2D eigenvalue weighted by Crippen LogP contribution is 2.66. The van der Waals surface area contributed by atoms with Crippen LogP contribution in [0.4, 0.5) is 30.7 Å². The highest BCUT2D eigenvalue weighted by molar-refractivity contribution is 5.36. The van der Waals surface area contributed by atoms with Gasteiger partial charge in [-0.05, 0) is 116 Å². The summed E-state index contributed by atoms with van der Waals surface area (Å²) in [5.74, 6) is -6.15. The zero-order valence-electron chi connectivity index (χ0n) is 23.4. The lowest BCUT2D eigenvalue weighted by atomic mass is 9.48. The van der Waals surface area contributed by atoms with Gasteiger partial charge < -0.3 is 4.74 Å². The molecule has 1 nitrogen and oxygen atoms in total. The molecule has 0 heterocycles. The Labute approximate surface area is 236 Å². The Morgan fingerprint density at radius 1 is 0.756 bits per heavy atom. The molecule has 224 valence electrons. The summed E-state index contributed by atoms with van der Waals surface area (Å²) in [5.41, 5.74) is -1.44. The molecule has 0 amide bonds. The summed E-state index contributed by atoms with van der Waals surface area (Å²) >= 11 is 0. The number of alkyl halides is 2. The number of hydrogen-bond donors (Lipinski definition) is 0. The van der Waals surface area contributed by atoms with Crippen LogP contribution in [0.3, 0.4) is 0 Å². The maximum atomic E-state index is 15.2. The van der Waals surface area contributed by atoms with Crippen LogP contribution in [0, 0.1) is 58.2 Å². The Balaban J connectivity index is 1.15. The molecule has 5 saturated carbocycles. The number of fused-ring (bicyclic) bond motifs is 4. The van der Waals surface area contributed by atoms with Crippen molar-refractivity contribution in [1.82, 2.24) is 0 Å². The molecule has 0 N–H and O–H groups in total. The largest absolute Gasteiger partial charge is 0.432 e. The van der Waals surface area contributed by atoms with Gasteiger partial charge in [0.15, 0.2) is 17.5 Å². The first-order valence-corrected chi connectivity index (χ1v) is 15.2. The summed E-state index contributed by atoms with van der Waals surface area (Å²) in [7, 11) is 0. The first-order valence-electron chi connectivity index (χ1n) is 15.2. The summed E-state index contributed by atoms with van der Waals surface area (Å²) < 4.78 is 104. The summed E-state index contributed by atoms with van der Waals surface area (Å²) in [6, 6.07) is 2.34. The lowest BCUT2D eigenvalue weighted by Crippen LogP contribution is -2.47. The molecule has 0 saturated heterocycles. The van der Waals surface area contributed by atoms with Gasteiger partial charge in [-0.3, -0.25) is 0 Å². The van der Waals surface area contributed by atoms with Crippen molar-refractivity contribution in [3.05, 3.63) is 64.5 Å². The molecule has 5 aliphatic rings. The maximum Gasteiger partial charge on any atom is 0.432 e. The highest BCUT2D eigenvalue weighted by atomic mass is 19.3. The predicted molar refractivity (Wildman–Crippen MR) is 141 cm³/mol. The van der Waals surface area contributed by atoms with Gasteiger partial charge >= 0.3 is 6.11 Å². The molecular formula is C33H37F7O. The van der Waals surface area contributed by atoms with E-state index in [1.165, 1.54) is 44.9 Å². The predicted octanol–water partition coefficient (Wildman–Crippen LogP) is 10.3. The minimum Gasteiger partial charge on any atom is -0.429 e. The molecule has 2 atom stereocenters. The molecule has 2 aromatic rings. The first-order chi connectivity index (χ1) is 19.4. The Morgan fingerprint density at radius 2 is 1.29 bits per heavy atom. The third-order valence-corrected chi connectivity index (χ3v) is 11.4. The molecule has 0 radical (unpaired) electrons. The Bertz CT molecular complexity index is 1220. The van der Waals surface area contributed by atoms with Crippen molar-refractivity contribution in [1.29, 1.82) is 0 Å². The maximum absolute atomic E-state index is 15.2. The lowest BCUT2D eigenvalue weighted by molar-refractivity contribution is -0.189. The molecule has 0 aliphatic heterocycles. The SMILES string of the molecule is CCCCC1CC2CC(C34CCC(c5cc(F)c(C(F)(F)Oc6cc(F)c(F)c(F)c6)c(F)c5)(CC3)CC4)CC2C1. The molecule has 2 aromatic carbocycles. The van der Waals surface area contributed by atoms with Gasteiger partial charge in [-0.2, -0.15) is 8.78 Å². The van der Waals surface area contributed by atoms with Crippen LogP contribution in [0.15, 0.2) is 24.3 Å². The summed E-state index contributed by atoms with van der Waals surface area (Å²) in [6.07, 6.45) is 9.98. The number of benzene rings is 2. The second kappa shape index (κ2) is 10.5. The monoisotopic (exact) mass is 582 g/mol. The van der Waals surface area contributed by atoms with Gasteiger partial charge in [0.25, 0.3) is 0 Å². The molecule has 8 heteroatoms. The summed E-state index contributed by atoms with van der Waals surface area (Å²) in [6.45, 7) is 2.25. The van der Waals surface area contributed by atoms with Crippen molar-refractivity contribution in [2.75, 3.05) is 0 Å². The topological polar surface area (TPSA) is 9.23 Å². The molecule has 5 aliphatic carbocycles. The first kappa shape index (κ1) is 28.9. The third kappa shape index (κ3) is 5.05. The highest BCUT2D eigenvalue weighted by Gasteiger charge is 2.56. The van der Waals surface area contributed by atoms with Crippen LogP contribution < -0.4 is 4.74 Å². The molecule has 0 aromatic heterocycles. The van der Waals surface area contributed by atoms with Crippen LogP contribution in [0.2, 0.25) is 0 Å². The van der Waals surface area contributed by atoms with E-state index in [0.717, 1.165) is 68.4 Å². The van der Waals surface area contributed by atoms with Gasteiger partial charge in [-0.15, -0.1) is 0 Å². The third-order valence-electron chi connectivity index (χ3n) is 11.4. The number of rotatable bonds is 8. The van der Waals surface area contributed by atoms with Gasteiger partial charge in [0, 0.05) is 12.1 Å². The second-order valence-electron chi connectivity index (χ2n) is 13.4. The number of halogens is 7. The molecule has 5 fully saturated rings. The molecule has 7 rings (SSSR count). The van der Waals surface area contributed by atoms with Gasteiger partial charge in [0.2, 0.25) is 0 Å². The number of unbranched alkanes of at least 4 members (excludes halogenated alkanes) is 1. The van der Waals surface area contributed by atoms with E-state index in [0.29, 0.717) is 11.5 Å². The minimum atomic E-state index is -4.58. The van der Waals surface area contributed by atoms with E-state index in [-0.39, 0.29) is 17.5 Å². The van der Waals surface area contributed by atoms with E-state index in [4.69, 9.17) is 0 Å². The normalized spacial score (nSPS) is 32.9. The van der Waals surface area contributed by atoms with Crippen LogP contribution in [0.1, 0.15) is 102 Å². The van der Waals surface area contributed by atoms with Crippen LogP contribution in [-0.2, 0) is 11.5 Å². The van der Waals surface area contributed by atoms with Gasteiger partial charge in [-0.1, -0.05) is 26.2 Å². The van der Waals surface area contributed by atoms with Crippen LogP contribution in [0.5, 0.6) is 5.75 Å². The fraction of sp³-hybridized carbons (Fsp3) is 0.636. The quantitative estimate of drug-likeness (QED) is 0.222. The summed E-state index contributed by atoms with van der Waals surface area (Å²) in [5, 5.41) is 0. The van der Waals surface area contributed by atoms with Gasteiger partial charge in [-0.25, -0.2) is 22.0 Å². The zero-order valence-corrected chi connectivity index (χ0v) is 23.4. The average molecular weight is 583 g/mol. The van der Waals surface area contributed by atoms with Crippen LogP contribution in [-0.4, -0.2) is 0 Å². The van der Waals surface area contributed by atoms with Crippen molar-refractivity contribution in [3.63, 3.8) is 0 Å².